The van der Waals surface area contributed by atoms with E-state index in [1.807, 2.05) is 0 Å². The maximum atomic E-state index is 11.6. The van der Waals surface area contributed by atoms with Crippen molar-refractivity contribution in [2.75, 3.05) is 40.4 Å². The maximum absolute atomic E-state index is 11.6. The Labute approximate surface area is 72.5 Å². The van der Waals surface area contributed by atoms with Crippen LogP contribution < -0.4 is 0 Å². The lowest BCUT2D eigenvalue weighted by atomic mass is 10.5. The summed E-state index contributed by atoms with van der Waals surface area (Å²) in [7, 11) is -0.0385. The van der Waals surface area contributed by atoms with Crippen molar-refractivity contribution in [2.24, 2.45) is 0 Å². The zero-order valence-corrected chi connectivity index (χ0v) is 8.33. The highest BCUT2D eigenvalue weighted by Gasteiger charge is 2.31. The van der Waals surface area contributed by atoms with E-state index in [4.69, 9.17) is 4.74 Å². The Balaban J connectivity index is 2.60. The number of rotatable bonds is 2. The van der Waals surface area contributed by atoms with Crippen molar-refractivity contribution in [3.63, 3.8) is 0 Å². The lowest BCUT2D eigenvalue weighted by molar-refractivity contribution is 0.0641. The van der Waals surface area contributed by atoms with Gasteiger partial charge in [0.2, 0.25) is 0 Å². The van der Waals surface area contributed by atoms with Crippen LogP contribution in [0.3, 0.4) is 0 Å². The third-order valence-corrected chi connectivity index (χ3v) is 4.06. The minimum atomic E-state index is -3.25. The Morgan fingerprint density at radius 2 is 1.92 bits per heavy atom. The molecule has 12 heavy (non-hydrogen) atoms. The molecule has 1 aliphatic rings. The van der Waals surface area contributed by atoms with Gasteiger partial charge in [-0.3, -0.25) is 4.57 Å². The summed E-state index contributed by atoms with van der Waals surface area (Å²) < 4.78 is 19.6. The van der Waals surface area contributed by atoms with Gasteiger partial charge >= 0.3 is 7.67 Å². The molecule has 1 atom stereocenters. The van der Waals surface area contributed by atoms with E-state index in [0.29, 0.717) is 26.3 Å². The van der Waals surface area contributed by atoms with Gasteiger partial charge in [0, 0.05) is 13.1 Å². The summed E-state index contributed by atoms with van der Waals surface area (Å²) in [6.07, 6.45) is 0. The zero-order chi connectivity index (χ0) is 9.19. The summed E-state index contributed by atoms with van der Waals surface area (Å²) in [5.41, 5.74) is 0. The molecule has 1 unspecified atom stereocenters. The van der Waals surface area contributed by atoms with Crippen LogP contribution in [0.4, 0.5) is 0 Å². The largest absolute Gasteiger partial charge is 0.379 e. The smallest absolute Gasteiger partial charge is 0.343 e. The summed E-state index contributed by atoms with van der Waals surface area (Å²) >= 11 is 0. The first-order chi connectivity index (χ1) is 5.55. The fourth-order valence-electron chi connectivity index (χ4n) is 1.07. The third-order valence-electron chi connectivity index (χ3n) is 1.88. The molecular weight excluding hydrogens is 179 g/mol. The fourth-order valence-corrected chi connectivity index (χ4v) is 2.26. The SMILES string of the molecule is CN(C)P(=O)(O)N1CCOCC1. The number of hydrogen-bond donors (Lipinski definition) is 1. The minimum Gasteiger partial charge on any atom is -0.379 e. The lowest BCUT2D eigenvalue weighted by Crippen LogP contribution is -2.37. The highest BCUT2D eigenvalue weighted by atomic mass is 31.2. The molecule has 5 nitrogen and oxygen atoms in total. The van der Waals surface area contributed by atoms with Gasteiger partial charge in [-0.1, -0.05) is 0 Å². The second-order valence-corrected chi connectivity index (χ2v) is 5.32. The number of morpholine rings is 1. The molecule has 0 aromatic carbocycles. The topological polar surface area (TPSA) is 53.0 Å². The van der Waals surface area contributed by atoms with Gasteiger partial charge in [-0.05, 0) is 14.1 Å². The van der Waals surface area contributed by atoms with Gasteiger partial charge in [0.25, 0.3) is 0 Å². The first-order valence-electron chi connectivity index (χ1n) is 3.89. The number of hydrogen-bond acceptors (Lipinski definition) is 2. The van der Waals surface area contributed by atoms with E-state index >= 15 is 0 Å². The van der Waals surface area contributed by atoms with Crippen molar-refractivity contribution >= 4 is 7.67 Å². The molecule has 6 heteroatoms. The molecular formula is C6H15N2O3P. The van der Waals surface area contributed by atoms with Crippen LogP contribution in [0.15, 0.2) is 0 Å². The summed E-state index contributed by atoms with van der Waals surface area (Å²) in [5, 5.41) is 0. The third kappa shape index (κ3) is 2.06. The Hall–Kier alpha value is 0.0700. The second kappa shape index (κ2) is 3.85. The quantitative estimate of drug-likeness (QED) is 0.626. The lowest BCUT2D eigenvalue weighted by Gasteiger charge is -2.33. The zero-order valence-electron chi connectivity index (χ0n) is 7.43. The van der Waals surface area contributed by atoms with Crippen molar-refractivity contribution < 1.29 is 14.2 Å². The van der Waals surface area contributed by atoms with Crippen LogP contribution in [-0.2, 0) is 9.30 Å². The van der Waals surface area contributed by atoms with Gasteiger partial charge in [-0.2, -0.15) is 0 Å². The first kappa shape index (κ1) is 10.2. The highest BCUT2D eigenvalue weighted by molar-refractivity contribution is 7.52. The molecule has 0 aliphatic carbocycles. The van der Waals surface area contributed by atoms with Crippen molar-refractivity contribution in [3.8, 4) is 0 Å². The maximum Gasteiger partial charge on any atom is 0.343 e. The molecule has 72 valence electrons. The fraction of sp³-hybridized carbons (Fsp3) is 1.00. The van der Waals surface area contributed by atoms with E-state index in [-0.39, 0.29) is 0 Å². The molecule has 0 saturated carbocycles. The molecule has 0 aromatic rings. The summed E-state index contributed by atoms with van der Waals surface area (Å²) in [6.45, 7) is 2.15. The minimum absolute atomic E-state index is 0.534. The predicted molar refractivity (Wildman–Crippen MR) is 45.9 cm³/mol. The molecule has 1 saturated heterocycles. The second-order valence-electron chi connectivity index (χ2n) is 2.93. The summed E-state index contributed by atoms with van der Waals surface area (Å²) in [4.78, 5) is 9.57. The average molecular weight is 194 g/mol. The molecule has 0 aromatic heterocycles. The molecule has 0 spiro atoms. The molecule has 0 amide bonds. The van der Waals surface area contributed by atoms with Crippen molar-refractivity contribution in [1.29, 1.82) is 0 Å². The molecule has 1 aliphatic heterocycles. The van der Waals surface area contributed by atoms with Crippen LogP contribution in [0, 0.1) is 0 Å². The Morgan fingerprint density at radius 1 is 1.42 bits per heavy atom. The molecule has 1 N–H and O–H groups in total. The molecule has 1 rings (SSSR count). The molecule has 0 radical (unpaired) electrons. The Kier molecular flexibility index (Phi) is 3.26. The van der Waals surface area contributed by atoms with E-state index < -0.39 is 7.67 Å². The van der Waals surface area contributed by atoms with Crippen LogP contribution in [0.25, 0.3) is 0 Å². The first-order valence-corrected chi connectivity index (χ1v) is 5.45. The van der Waals surface area contributed by atoms with Crippen molar-refractivity contribution in [1.82, 2.24) is 9.34 Å². The van der Waals surface area contributed by atoms with Crippen molar-refractivity contribution in [3.05, 3.63) is 0 Å². The van der Waals surface area contributed by atoms with Gasteiger partial charge in [-0.25, -0.2) is 9.34 Å². The van der Waals surface area contributed by atoms with Gasteiger partial charge < -0.3 is 9.63 Å². The van der Waals surface area contributed by atoms with Gasteiger partial charge in [0.1, 0.15) is 0 Å². The van der Waals surface area contributed by atoms with E-state index in [1.54, 1.807) is 18.8 Å². The Bertz CT molecular complexity index is 191. The van der Waals surface area contributed by atoms with Gasteiger partial charge in [-0.15, -0.1) is 0 Å². The van der Waals surface area contributed by atoms with E-state index in [9.17, 15) is 9.46 Å². The predicted octanol–water partition coefficient (Wildman–Crippen LogP) is -0.0194. The van der Waals surface area contributed by atoms with Crippen LogP contribution in [0.5, 0.6) is 0 Å². The van der Waals surface area contributed by atoms with E-state index in [0.717, 1.165) is 0 Å². The normalized spacial score (nSPS) is 25.7. The summed E-state index contributed by atoms with van der Waals surface area (Å²) in [5.74, 6) is 0. The van der Waals surface area contributed by atoms with Gasteiger partial charge in [0.05, 0.1) is 13.2 Å². The van der Waals surface area contributed by atoms with E-state index in [2.05, 4.69) is 0 Å². The van der Waals surface area contributed by atoms with E-state index in [1.165, 1.54) is 4.67 Å². The van der Waals surface area contributed by atoms with Gasteiger partial charge in [0.15, 0.2) is 0 Å². The number of ether oxygens (including phenoxy) is 1. The van der Waals surface area contributed by atoms with Crippen molar-refractivity contribution in [2.45, 2.75) is 0 Å². The standard InChI is InChI=1S/C6H15N2O3P/c1-7(2)12(9,10)8-3-5-11-6-4-8/h3-6H2,1-2H3,(H,9,10). The molecule has 0 bridgehead atoms. The molecule has 1 heterocycles. The van der Waals surface area contributed by atoms with Crippen LogP contribution >= 0.6 is 7.67 Å². The van der Waals surface area contributed by atoms with Crippen LogP contribution in [0.1, 0.15) is 0 Å². The monoisotopic (exact) mass is 194 g/mol. The van der Waals surface area contributed by atoms with Crippen LogP contribution in [-0.4, -0.2) is 54.6 Å². The number of nitrogens with zero attached hydrogens (tertiary/aromatic N) is 2. The molecule has 1 fully saturated rings. The highest BCUT2D eigenvalue weighted by Crippen LogP contribution is 2.46. The Morgan fingerprint density at radius 3 is 2.33 bits per heavy atom. The summed E-state index contributed by atoms with van der Waals surface area (Å²) in [6, 6.07) is 0. The average Bonchev–Trinajstić information content (AvgIpc) is 2.06. The van der Waals surface area contributed by atoms with Crippen LogP contribution in [0.2, 0.25) is 0 Å².